The zero-order valence-corrected chi connectivity index (χ0v) is 14.1. The average Bonchev–Trinajstić information content (AvgIpc) is 3.00. The quantitative estimate of drug-likeness (QED) is 0.877. The van der Waals surface area contributed by atoms with Gasteiger partial charge in [-0.25, -0.2) is 8.42 Å². The highest BCUT2D eigenvalue weighted by Gasteiger charge is 2.40. The maximum absolute atomic E-state index is 13.0. The third kappa shape index (κ3) is 2.93. The van der Waals surface area contributed by atoms with Gasteiger partial charge in [-0.2, -0.15) is 4.31 Å². The molecule has 0 bridgehead atoms. The van der Waals surface area contributed by atoms with Crippen LogP contribution in [-0.2, 0) is 23.2 Å². The summed E-state index contributed by atoms with van der Waals surface area (Å²) in [5.41, 5.74) is 0.723. The minimum atomic E-state index is -3.55. The van der Waals surface area contributed by atoms with Crippen LogP contribution in [0.1, 0.15) is 28.2 Å². The molecule has 0 unspecified atom stereocenters. The molecule has 21 heavy (non-hydrogen) atoms. The van der Waals surface area contributed by atoms with Crippen LogP contribution in [0, 0.1) is 6.92 Å². The highest BCUT2D eigenvalue weighted by Crippen LogP contribution is 2.37. The Morgan fingerprint density at radius 2 is 2.14 bits per heavy atom. The standard InChI is InChI=1S/C14H17NO3S3/c1-10-9-20-13(8-16)14(10)21(17,18)15(11-4-5-11)7-12-3-2-6-19-12/h2-3,6,9,11,16H,4-5,7-8H2,1H3. The summed E-state index contributed by atoms with van der Waals surface area (Å²) in [5, 5.41) is 13.2. The molecule has 1 N–H and O–H groups in total. The number of aliphatic hydroxyl groups is 1. The number of aliphatic hydroxyl groups excluding tert-OH is 1. The predicted molar refractivity (Wildman–Crippen MR) is 85.0 cm³/mol. The second kappa shape index (κ2) is 5.81. The van der Waals surface area contributed by atoms with Gasteiger partial charge < -0.3 is 5.11 Å². The van der Waals surface area contributed by atoms with Gasteiger partial charge in [-0.3, -0.25) is 0 Å². The molecule has 4 nitrogen and oxygen atoms in total. The molecule has 0 amide bonds. The number of nitrogens with zero attached hydrogens (tertiary/aromatic N) is 1. The van der Waals surface area contributed by atoms with Gasteiger partial charge in [0.2, 0.25) is 10.0 Å². The van der Waals surface area contributed by atoms with Gasteiger partial charge in [0.25, 0.3) is 0 Å². The zero-order valence-electron chi connectivity index (χ0n) is 11.7. The van der Waals surface area contributed by atoms with Crippen molar-refractivity contribution in [1.29, 1.82) is 0 Å². The van der Waals surface area contributed by atoms with Crippen molar-refractivity contribution in [3.63, 3.8) is 0 Å². The Labute approximate surface area is 132 Å². The van der Waals surface area contributed by atoms with Crippen molar-refractivity contribution in [2.24, 2.45) is 0 Å². The highest BCUT2D eigenvalue weighted by atomic mass is 32.2. The van der Waals surface area contributed by atoms with Gasteiger partial charge >= 0.3 is 0 Å². The van der Waals surface area contributed by atoms with E-state index in [4.69, 9.17) is 0 Å². The van der Waals surface area contributed by atoms with Crippen LogP contribution in [-0.4, -0.2) is 23.9 Å². The van der Waals surface area contributed by atoms with Crippen LogP contribution in [0.2, 0.25) is 0 Å². The summed E-state index contributed by atoms with van der Waals surface area (Å²) in [7, 11) is -3.55. The third-order valence-corrected chi connectivity index (χ3v) is 7.75. The molecule has 0 saturated heterocycles. The number of rotatable bonds is 6. The lowest BCUT2D eigenvalue weighted by molar-refractivity contribution is 0.282. The summed E-state index contributed by atoms with van der Waals surface area (Å²) < 4.78 is 27.7. The molecule has 0 aliphatic heterocycles. The van der Waals surface area contributed by atoms with E-state index >= 15 is 0 Å². The van der Waals surface area contributed by atoms with Crippen molar-refractivity contribution >= 4 is 32.7 Å². The van der Waals surface area contributed by atoms with E-state index in [2.05, 4.69) is 0 Å². The maximum Gasteiger partial charge on any atom is 0.245 e. The summed E-state index contributed by atoms with van der Waals surface area (Å²) >= 11 is 2.88. The fourth-order valence-corrected chi connectivity index (χ4v) is 6.45. The number of hydrogen-bond acceptors (Lipinski definition) is 5. The van der Waals surface area contributed by atoms with Crippen LogP contribution in [0.3, 0.4) is 0 Å². The molecule has 3 rings (SSSR count). The summed E-state index contributed by atoms with van der Waals surface area (Å²) in [6, 6.07) is 4.00. The Morgan fingerprint density at radius 3 is 2.71 bits per heavy atom. The largest absolute Gasteiger partial charge is 0.391 e. The molecule has 0 atom stereocenters. The first-order valence-electron chi connectivity index (χ1n) is 6.76. The Hall–Kier alpha value is -0.730. The zero-order chi connectivity index (χ0) is 15.0. The Bertz CT molecular complexity index is 715. The summed E-state index contributed by atoms with van der Waals surface area (Å²) in [6.07, 6.45) is 1.84. The topological polar surface area (TPSA) is 57.6 Å². The smallest absolute Gasteiger partial charge is 0.245 e. The molecular weight excluding hydrogens is 326 g/mol. The third-order valence-electron chi connectivity index (χ3n) is 3.55. The first-order chi connectivity index (χ1) is 10.0. The van der Waals surface area contributed by atoms with Crippen LogP contribution in [0.25, 0.3) is 0 Å². The number of hydrogen-bond donors (Lipinski definition) is 1. The van der Waals surface area contributed by atoms with Crippen molar-refractivity contribution in [3.05, 3.63) is 38.2 Å². The lowest BCUT2D eigenvalue weighted by atomic mass is 10.3. The van der Waals surface area contributed by atoms with E-state index in [1.807, 2.05) is 17.5 Å². The van der Waals surface area contributed by atoms with E-state index in [-0.39, 0.29) is 12.6 Å². The van der Waals surface area contributed by atoms with Crippen molar-refractivity contribution in [2.45, 2.75) is 43.9 Å². The van der Waals surface area contributed by atoms with Gasteiger partial charge in [0.1, 0.15) is 4.90 Å². The molecule has 2 aromatic rings. The van der Waals surface area contributed by atoms with Gasteiger partial charge in [-0.15, -0.1) is 22.7 Å². The second-order valence-electron chi connectivity index (χ2n) is 5.19. The van der Waals surface area contributed by atoms with Crippen molar-refractivity contribution in [2.75, 3.05) is 0 Å². The summed E-state index contributed by atoms with van der Waals surface area (Å²) in [4.78, 5) is 1.88. The van der Waals surface area contributed by atoms with Gasteiger partial charge in [0.15, 0.2) is 0 Å². The van der Waals surface area contributed by atoms with E-state index in [0.717, 1.165) is 23.3 Å². The normalized spacial score (nSPS) is 15.8. The molecule has 1 saturated carbocycles. The molecule has 114 valence electrons. The highest BCUT2D eigenvalue weighted by molar-refractivity contribution is 7.89. The van der Waals surface area contributed by atoms with E-state index < -0.39 is 10.0 Å². The Morgan fingerprint density at radius 1 is 1.38 bits per heavy atom. The SMILES string of the molecule is Cc1csc(CO)c1S(=O)(=O)N(Cc1cccs1)C1CC1. The van der Waals surface area contributed by atoms with Gasteiger partial charge in [0.05, 0.1) is 11.5 Å². The van der Waals surface area contributed by atoms with Crippen LogP contribution >= 0.6 is 22.7 Å². The number of sulfonamides is 1. The summed E-state index contributed by atoms with van der Waals surface area (Å²) in [6.45, 7) is 1.98. The van der Waals surface area contributed by atoms with Crippen molar-refractivity contribution < 1.29 is 13.5 Å². The molecule has 7 heteroatoms. The molecule has 2 heterocycles. The minimum Gasteiger partial charge on any atom is -0.391 e. The first kappa shape index (κ1) is 15.2. The molecule has 1 aliphatic carbocycles. The van der Waals surface area contributed by atoms with Crippen molar-refractivity contribution in [1.82, 2.24) is 4.31 Å². The lowest BCUT2D eigenvalue weighted by Gasteiger charge is -2.22. The molecule has 0 spiro atoms. The summed E-state index contributed by atoms with van der Waals surface area (Å²) in [5.74, 6) is 0. The van der Waals surface area contributed by atoms with Crippen LogP contribution in [0.15, 0.2) is 27.8 Å². The predicted octanol–water partition coefficient (Wildman–Crippen LogP) is 2.96. The van der Waals surface area contributed by atoms with Crippen molar-refractivity contribution in [3.8, 4) is 0 Å². The van der Waals surface area contributed by atoms with Gasteiger partial charge in [-0.1, -0.05) is 6.07 Å². The second-order valence-corrected chi connectivity index (χ2v) is 9.01. The average molecular weight is 343 g/mol. The molecule has 2 aromatic heterocycles. The van der Waals surface area contributed by atoms with E-state index in [0.29, 0.717) is 16.3 Å². The van der Waals surface area contributed by atoms with E-state index in [9.17, 15) is 13.5 Å². The molecule has 0 radical (unpaired) electrons. The van der Waals surface area contributed by atoms with Crippen LogP contribution < -0.4 is 0 Å². The van der Waals surface area contributed by atoms with Crippen LogP contribution in [0.4, 0.5) is 0 Å². The van der Waals surface area contributed by atoms with E-state index in [1.165, 1.54) is 11.3 Å². The monoisotopic (exact) mass is 343 g/mol. The van der Waals surface area contributed by atoms with Gasteiger partial charge in [0, 0.05) is 17.5 Å². The Balaban J connectivity index is 1.99. The lowest BCUT2D eigenvalue weighted by Crippen LogP contribution is -2.33. The minimum absolute atomic E-state index is 0.0999. The van der Waals surface area contributed by atoms with Crippen LogP contribution in [0.5, 0.6) is 0 Å². The molecule has 0 aromatic carbocycles. The maximum atomic E-state index is 13.0. The van der Waals surface area contributed by atoms with Gasteiger partial charge in [-0.05, 0) is 42.2 Å². The van der Waals surface area contributed by atoms with E-state index in [1.54, 1.807) is 27.9 Å². The first-order valence-corrected chi connectivity index (χ1v) is 9.96. The number of thiophene rings is 2. The fourth-order valence-electron chi connectivity index (χ4n) is 2.39. The molecule has 1 aliphatic rings. The Kier molecular flexibility index (Phi) is 4.20. The molecular formula is C14H17NO3S3. The fraction of sp³-hybridized carbons (Fsp3) is 0.429. The number of aryl methyl sites for hydroxylation is 1. The molecule has 1 fully saturated rings.